The number of nitrogens with zero attached hydrogens (tertiary/aromatic N) is 2. The molecule has 0 aromatic carbocycles. The van der Waals surface area contributed by atoms with Crippen LogP contribution in [-0.2, 0) is 15.7 Å². The van der Waals surface area contributed by atoms with Gasteiger partial charge in [-0.25, -0.2) is 0 Å². The van der Waals surface area contributed by atoms with Crippen molar-refractivity contribution in [1.82, 2.24) is 10.2 Å². The molecule has 8 heteroatoms. The van der Waals surface area contributed by atoms with Gasteiger partial charge in [-0.2, -0.15) is 18.3 Å². The SMILES string of the molecule is FC(F)(F)c1ccnnc1NCCOC1CCCCO1. The molecule has 0 bridgehead atoms. The first-order valence-corrected chi connectivity index (χ1v) is 6.43. The van der Waals surface area contributed by atoms with Crippen molar-refractivity contribution in [3.05, 3.63) is 17.8 Å². The van der Waals surface area contributed by atoms with Crippen LogP contribution in [0.15, 0.2) is 12.3 Å². The van der Waals surface area contributed by atoms with E-state index < -0.39 is 11.7 Å². The van der Waals surface area contributed by atoms with Crippen LogP contribution in [0, 0.1) is 0 Å². The van der Waals surface area contributed by atoms with Crippen molar-refractivity contribution >= 4 is 5.82 Å². The van der Waals surface area contributed by atoms with Crippen molar-refractivity contribution in [2.75, 3.05) is 25.1 Å². The molecule has 1 aromatic rings. The standard InChI is InChI=1S/C12H16F3N3O2/c13-12(14,15)9-4-5-17-18-11(9)16-6-8-20-10-3-1-2-7-19-10/h4-5,10H,1-3,6-8H2,(H,16,18). The highest BCUT2D eigenvalue weighted by Gasteiger charge is 2.34. The van der Waals surface area contributed by atoms with Crippen LogP contribution in [-0.4, -0.2) is 36.2 Å². The van der Waals surface area contributed by atoms with Crippen molar-refractivity contribution in [2.24, 2.45) is 0 Å². The molecule has 1 aliphatic heterocycles. The summed E-state index contributed by atoms with van der Waals surface area (Å²) in [4.78, 5) is 0. The predicted octanol–water partition coefficient (Wildman–Crippen LogP) is 2.45. The average Bonchev–Trinajstić information content (AvgIpc) is 2.44. The number of hydrogen-bond acceptors (Lipinski definition) is 5. The van der Waals surface area contributed by atoms with Crippen molar-refractivity contribution in [3.63, 3.8) is 0 Å². The van der Waals surface area contributed by atoms with Gasteiger partial charge in [-0.05, 0) is 25.3 Å². The van der Waals surface area contributed by atoms with E-state index in [-0.39, 0.29) is 25.3 Å². The molecule has 0 saturated carbocycles. The lowest BCUT2D eigenvalue weighted by atomic mass is 10.2. The summed E-state index contributed by atoms with van der Waals surface area (Å²) in [7, 11) is 0. The molecule has 1 atom stereocenters. The number of hydrogen-bond donors (Lipinski definition) is 1. The van der Waals surface area contributed by atoms with Gasteiger partial charge in [0.15, 0.2) is 12.1 Å². The maximum absolute atomic E-state index is 12.7. The molecular weight excluding hydrogens is 275 g/mol. The van der Waals surface area contributed by atoms with Gasteiger partial charge >= 0.3 is 6.18 Å². The Morgan fingerprint density at radius 1 is 1.40 bits per heavy atom. The summed E-state index contributed by atoms with van der Waals surface area (Å²) >= 11 is 0. The van der Waals surface area contributed by atoms with Gasteiger partial charge in [-0.1, -0.05) is 0 Å². The van der Waals surface area contributed by atoms with Crippen LogP contribution in [0.5, 0.6) is 0 Å². The van der Waals surface area contributed by atoms with Gasteiger partial charge in [-0.15, -0.1) is 5.10 Å². The quantitative estimate of drug-likeness (QED) is 0.844. The third-order valence-electron chi connectivity index (χ3n) is 2.86. The van der Waals surface area contributed by atoms with E-state index in [1.807, 2.05) is 0 Å². The van der Waals surface area contributed by atoms with Crippen molar-refractivity contribution < 1.29 is 22.6 Å². The summed E-state index contributed by atoms with van der Waals surface area (Å²) in [5.74, 6) is -0.284. The second-order valence-corrected chi connectivity index (χ2v) is 4.38. The Morgan fingerprint density at radius 3 is 2.95 bits per heavy atom. The van der Waals surface area contributed by atoms with E-state index in [2.05, 4.69) is 15.5 Å². The number of ether oxygens (including phenoxy) is 2. The van der Waals surface area contributed by atoms with Crippen LogP contribution in [0.25, 0.3) is 0 Å². The Balaban J connectivity index is 1.79. The van der Waals surface area contributed by atoms with Crippen LogP contribution in [0.3, 0.4) is 0 Å². The molecular formula is C12H16F3N3O2. The highest BCUT2D eigenvalue weighted by molar-refractivity contribution is 5.44. The minimum atomic E-state index is -4.45. The minimum absolute atomic E-state index is 0.210. The second-order valence-electron chi connectivity index (χ2n) is 4.38. The van der Waals surface area contributed by atoms with E-state index in [0.717, 1.165) is 31.5 Å². The number of alkyl halides is 3. The lowest BCUT2D eigenvalue weighted by Gasteiger charge is -2.22. The normalized spacial score (nSPS) is 19.9. The van der Waals surface area contributed by atoms with Crippen LogP contribution >= 0.6 is 0 Å². The predicted molar refractivity (Wildman–Crippen MR) is 65.1 cm³/mol. The second kappa shape index (κ2) is 6.85. The topological polar surface area (TPSA) is 56.3 Å². The number of nitrogens with one attached hydrogen (secondary N) is 1. The Kier molecular flexibility index (Phi) is 5.13. The van der Waals surface area contributed by atoms with Gasteiger partial charge in [0.2, 0.25) is 0 Å². The molecule has 0 aliphatic carbocycles. The third-order valence-corrected chi connectivity index (χ3v) is 2.86. The van der Waals surface area contributed by atoms with Gasteiger partial charge in [0.25, 0.3) is 0 Å². The van der Waals surface area contributed by atoms with Gasteiger partial charge in [-0.3, -0.25) is 0 Å². The zero-order chi connectivity index (χ0) is 14.4. The van der Waals surface area contributed by atoms with E-state index in [9.17, 15) is 13.2 Å². The number of rotatable bonds is 5. The van der Waals surface area contributed by atoms with Crippen LogP contribution in [0.4, 0.5) is 19.0 Å². The van der Waals surface area contributed by atoms with E-state index in [1.165, 1.54) is 0 Å². The highest BCUT2D eigenvalue weighted by Crippen LogP contribution is 2.32. The fraction of sp³-hybridized carbons (Fsp3) is 0.667. The van der Waals surface area contributed by atoms with Crippen molar-refractivity contribution in [1.29, 1.82) is 0 Å². The van der Waals surface area contributed by atoms with E-state index in [1.54, 1.807) is 0 Å². The molecule has 1 N–H and O–H groups in total. The number of halogens is 3. The lowest BCUT2D eigenvalue weighted by molar-refractivity contribution is -0.160. The zero-order valence-corrected chi connectivity index (χ0v) is 10.8. The van der Waals surface area contributed by atoms with Crippen LogP contribution in [0.2, 0.25) is 0 Å². The third kappa shape index (κ3) is 4.31. The molecule has 20 heavy (non-hydrogen) atoms. The first-order valence-electron chi connectivity index (χ1n) is 6.43. The monoisotopic (exact) mass is 291 g/mol. The Bertz CT molecular complexity index is 423. The molecule has 1 unspecified atom stereocenters. The minimum Gasteiger partial charge on any atom is -0.366 e. The van der Waals surface area contributed by atoms with Crippen molar-refractivity contribution in [2.45, 2.75) is 31.7 Å². The molecule has 0 amide bonds. The smallest absolute Gasteiger partial charge is 0.366 e. The van der Waals surface area contributed by atoms with Crippen molar-refractivity contribution in [3.8, 4) is 0 Å². The Hall–Kier alpha value is -1.41. The molecule has 5 nitrogen and oxygen atoms in total. The zero-order valence-electron chi connectivity index (χ0n) is 10.8. The van der Waals surface area contributed by atoms with Gasteiger partial charge in [0.1, 0.15) is 5.56 Å². The molecule has 2 heterocycles. The van der Waals surface area contributed by atoms with Crippen LogP contribution in [0.1, 0.15) is 24.8 Å². The van der Waals surface area contributed by atoms with E-state index in [4.69, 9.17) is 9.47 Å². The van der Waals surface area contributed by atoms with E-state index >= 15 is 0 Å². The Labute approximate surface area is 114 Å². The van der Waals surface area contributed by atoms with Gasteiger partial charge in [0.05, 0.1) is 12.8 Å². The maximum atomic E-state index is 12.7. The average molecular weight is 291 g/mol. The molecule has 1 fully saturated rings. The Morgan fingerprint density at radius 2 is 2.25 bits per heavy atom. The summed E-state index contributed by atoms with van der Waals surface area (Å²) in [5.41, 5.74) is -0.832. The molecule has 1 aromatic heterocycles. The molecule has 1 saturated heterocycles. The fourth-order valence-corrected chi connectivity index (χ4v) is 1.89. The first-order chi connectivity index (χ1) is 9.57. The van der Waals surface area contributed by atoms with Gasteiger partial charge < -0.3 is 14.8 Å². The highest BCUT2D eigenvalue weighted by atomic mass is 19.4. The molecule has 112 valence electrons. The largest absolute Gasteiger partial charge is 0.420 e. The summed E-state index contributed by atoms with van der Waals surface area (Å²) in [6.07, 6.45) is -0.813. The molecule has 0 radical (unpaired) electrons. The summed E-state index contributed by atoms with van der Waals surface area (Å²) in [5, 5.41) is 9.50. The first kappa shape index (κ1) is 15.0. The summed E-state index contributed by atoms with van der Waals surface area (Å²) in [6, 6.07) is 0.889. The number of aromatic nitrogens is 2. The summed E-state index contributed by atoms with van der Waals surface area (Å²) < 4.78 is 48.8. The summed E-state index contributed by atoms with van der Waals surface area (Å²) in [6.45, 7) is 1.13. The van der Waals surface area contributed by atoms with E-state index in [0.29, 0.717) is 6.61 Å². The van der Waals surface area contributed by atoms with Crippen LogP contribution < -0.4 is 5.32 Å². The van der Waals surface area contributed by atoms with Gasteiger partial charge in [0, 0.05) is 13.2 Å². The molecule has 2 rings (SSSR count). The molecule has 1 aliphatic rings. The number of anilines is 1. The fourth-order valence-electron chi connectivity index (χ4n) is 1.89. The maximum Gasteiger partial charge on any atom is 0.420 e. The molecule has 0 spiro atoms. The lowest BCUT2D eigenvalue weighted by Crippen LogP contribution is -2.25.